The molecule has 0 aromatic carbocycles. The van der Waals surface area contributed by atoms with E-state index in [1.807, 2.05) is 0 Å². The fourth-order valence-electron chi connectivity index (χ4n) is 0.719. The Balaban J connectivity index is 3.22. The minimum atomic E-state index is 0.721. The second-order valence-corrected chi connectivity index (χ2v) is 3.01. The molecule has 56 valence electrons. The second-order valence-electron chi connectivity index (χ2n) is 2.64. The summed E-state index contributed by atoms with van der Waals surface area (Å²) in [5.74, 6) is 1.71. The minimum Gasteiger partial charge on any atom is -0.306 e. The molecule has 9 heavy (non-hydrogen) atoms. The fourth-order valence-corrected chi connectivity index (χ4v) is 0.834. The van der Waals surface area contributed by atoms with Gasteiger partial charge in [0.05, 0.1) is 0 Å². The lowest BCUT2D eigenvalue weighted by molar-refractivity contribution is 0.313. The number of hydrogen-bond donors (Lipinski definition) is 1. The molecule has 1 unspecified atom stereocenters. The molecule has 0 saturated carbocycles. The lowest BCUT2D eigenvalue weighted by Gasteiger charge is -2.17. The van der Waals surface area contributed by atoms with Crippen molar-refractivity contribution < 1.29 is 0 Å². The van der Waals surface area contributed by atoms with Crippen molar-refractivity contribution in [2.24, 2.45) is 5.92 Å². The van der Waals surface area contributed by atoms with Crippen LogP contribution < -0.4 is 0 Å². The van der Waals surface area contributed by atoms with Gasteiger partial charge in [-0.3, -0.25) is 0 Å². The summed E-state index contributed by atoms with van der Waals surface area (Å²) < 4.78 is 0. The zero-order valence-corrected chi connectivity index (χ0v) is 7.49. The van der Waals surface area contributed by atoms with E-state index in [4.69, 9.17) is 0 Å². The Morgan fingerprint density at radius 3 is 2.44 bits per heavy atom. The highest BCUT2D eigenvalue weighted by Crippen LogP contribution is 1.98. The summed E-state index contributed by atoms with van der Waals surface area (Å²) in [6.45, 7) is 6.70. The van der Waals surface area contributed by atoms with Gasteiger partial charge in [-0.05, 0) is 25.3 Å². The molecule has 0 aromatic rings. The van der Waals surface area contributed by atoms with Crippen molar-refractivity contribution in [2.75, 3.05) is 25.9 Å². The molecule has 0 radical (unpaired) electrons. The first-order chi connectivity index (χ1) is 4.20. The maximum Gasteiger partial charge on any atom is 0.00116 e. The largest absolute Gasteiger partial charge is 0.306 e. The van der Waals surface area contributed by atoms with E-state index in [-0.39, 0.29) is 0 Å². The zero-order chi connectivity index (χ0) is 7.28. The van der Waals surface area contributed by atoms with Gasteiger partial charge in [-0.1, -0.05) is 13.8 Å². The predicted octanol–water partition coefficient (Wildman–Crippen LogP) is 1.50. The Morgan fingerprint density at radius 2 is 2.11 bits per heavy atom. The van der Waals surface area contributed by atoms with Gasteiger partial charge in [0.2, 0.25) is 0 Å². The van der Waals surface area contributed by atoms with Gasteiger partial charge in [-0.2, -0.15) is 12.6 Å². The molecule has 0 amide bonds. The Morgan fingerprint density at radius 1 is 1.56 bits per heavy atom. The monoisotopic (exact) mass is 147 g/mol. The number of rotatable bonds is 4. The number of hydrogen-bond acceptors (Lipinski definition) is 2. The zero-order valence-electron chi connectivity index (χ0n) is 6.59. The van der Waals surface area contributed by atoms with Crippen LogP contribution in [-0.2, 0) is 0 Å². The van der Waals surface area contributed by atoms with Gasteiger partial charge in [-0.15, -0.1) is 0 Å². The summed E-state index contributed by atoms with van der Waals surface area (Å²) in [6.07, 6.45) is 0. The normalized spacial score (nSPS) is 14.3. The summed E-state index contributed by atoms with van der Waals surface area (Å²) in [5.41, 5.74) is 0. The molecule has 0 aromatic heterocycles. The summed E-state index contributed by atoms with van der Waals surface area (Å²) in [5, 5.41) is 0. The van der Waals surface area contributed by atoms with Crippen LogP contribution in [-0.4, -0.2) is 30.8 Å². The summed E-state index contributed by atoms with van der Waals surface area (Å²) >= 11 is 4.20. The molecule has 0 aliphatic rings. The van der Waals surface area contributed by atoms with Crippen LogP contribution in [0, 0.1) is 5.92 Å². The van der Waals surface area contributed by atoms with Crippen molar-refractivity contribution in [3.8, 4) is 0 Å². The molecule has 0 bridgehead atoms. The van der Waals surface area contributed by atoms with Crippen molar-refractivity contribution in [3.05, 3.63) is 0 Å². The average Bonchev–Trinajstić information content (AvgIpc) is 1.87. The molecule has 2 heteroatoms. The van der Waals surface area contributed by atoms with Gasteiger partial charge in [0, 0.05) is 6.54 Å². The van der Waals surface area contributed by atoms with Gasteiger partial charge < -0.3 is 4.90 Å². The van der Waals surface area contributed by atoms with E-state index in [1.54, 1.807) is 0 Å². The van der Waals surface area contributed by atoms with E-state index >= 15 is 0 Å². The van der Waals surface area contributed by atoms with E-state index in [2.05, 4.69) is 38.4 Å². The van der Waals surface area contributed by atoms with Crippen LogP contribution in [0.5, 0.6) is 0 Å². The first-order valence-corrected chi connectivity index (χ1v) is 4.13. The molecule has 1 atom stereocenters. The summed E-state index contributed by atoms with van der Waals surface area (Å²) in [7, 11) is 2.14. The van der Waals surface area contributed by atoms with Crippen LogP contribution in [0.25, 0.3) is 0 Å². The maximum absolute atomic E-state index is 4.20. The van der Waals surface area contributed by atoms with Gasteiger partial charge in [0.25, 0.3) is 0 Å². The van der Waals surface area contributed by atoms with Crippen LogP contribution in [0.2, 0.25) is 0 Å². The molecule has 1 nitrogen and oxygen atoms in total. The van der Waals surface area contributed by atoms with E-state index in [0.717, 1.165) is 18.2 Å². The highest BCUT2D eigenvalue weighted by atomic mass is 32.1. The highest BCUT2D eigenvalue weighted by Gasteiger charge is 2.00. The molecule has 0 heterocycles. The average molecular weight is 147 g/mol. The number of thiol groups is 1. The van der Waals surface area contributed by atoms with Crippen molar-refractivity contribution in [1.29, 1.82) is 0 Å². The van der Waals surface area contributed by atoms with E-state index < -0.39 is 0 Å². The van der Waals surface area contributed by atoms with Crippen molar-refractivity contribution in [2.45, 2.75) is 13.8 Å². The molecular formula is C7H17NS. The lowest BCUT2D eigenvalue weighted by atomic mass is 10.2. The third-order valence-electron chi connectivity index (χ3n) is 1.47. The maximum atomic E-state index is 4.20. The SMILES string of the molecule is CCN(C)CC(C)CS. The van der Waals surface area contributed by atoms with E-state index in [0.29, 0.717) is 0 Å². The third kappa shape index (κ3) is 4.79. The van der Waals surface area contributed by atoms with Gasteiger partial charge in [0.1, 0.15) is 0 Å². The quantitative estimate of drug-likeness (QED) is 0.590. The molecule has 0 fully saturated rings. The Hall–Kier alpha value is 0.310. The predicted molar refractivity (Wildman–Crippen MR) is 46.2 cm³/mol. The fraction of sp³-hybridized carbons (Fsp3) is 1.00. The smallest absolute Gasteiger partial charge is 0.00116 e. The minimum absolute atomic E-state index is 0.721. The third-order valence-corrected chi connectivity index (χ3v) is 2.10. The van der Waals surface area contributed by atoms with Gasteiger partial charge in [-0.25, -0.2) is 0 Å². The molecule has 0 aliphatic heterocycles. The molecule has 0 aliphatic carbocycles. The van der Waals surface area contributed by atoms with Crippen molar-refractivity contribution in [3.63, 3.8) is 0 Å². The molecule has 0 rings (SSSR count). The van der Waals surface area contributed by atoms with Crippen LogP contribution >= 0.6 is 12.6 Å². The first-order valence-electron chi connectivity index (χ1n) is 3.50. The van der Waals surface area contributed by atoms with Crippen LogP contribution in [0.1, 0.15) is 13.8 Å². The first kappa shape index (κ1) is 9.31. The topological polar surface area (TPSA) is 3.24 Å². The van der Waals surface area contributed by atoms with Crippen molar-refractivity contribution >= 4 is 12.6 Å². The van der Waals surface area contributed by atoms with Gasteiger partial charge >= 0.3 is 0 Å². The van der Waals surface area contributed by atoms with Crippen molar-refractivity contribution in [1.82, 2.24) is 4.90 Å². The Kier molecular flexibility index (Phi) is 5.30. The van der Waals surface area contributed by atoms with Crippen LogP contribution in [0.15, 0.2) is 0 Å². The summed E-state index contributed by atoms with van der Waals surface area (Å²) in [4.78, 5) is 2.31. The van der Waals surface area contributed by atoms with E-state index in [1.165, 1.54) is 6.54 Å². The van der Waals surface area contributed by atoms with Gasteiger partial charge in [0.15, 0.2) is 0 Å². The van der Waals surface area contributed by atoms with Crippen LogP contribution in [0.3, 0.4) is 0 Å². The lowest BCUT2D eigenvalue weighted by Crippen LogP contribution is -2.24. The standard InChI is InChI=1S/C7H17NS/c1-4-8(3)5-7(2)6-9/h7,9H,4-6H2,1-3H3. The Bertz CT molecular complexity index is 57.9. The highest BCUT2D eigenvalue weighted by molar-refractivity contribution is 7.80. The van der Waals surface area contributed by atoms with E-state index in [9.17, 15) is 0 Å². The second kappa shape index (κ2) is 5.12. The molecule has 0 N–H and O–H groups in total. The van der Waals surface area contributed by atoms with Crippen LogP contribution in [0.4, 0.5) is 0 Å². The Labute approximate surface area is 63.8 Å². The molecular weight excluding hydrogens is 130 g/mol. The molecule has 0 spiro atoms. The number of nitrogens with zero attached hydrogens (tertiary/aromatic N) is 1. The summed E-state index contributed by atoms with van der Waals surface area (Å²) in [6, 6.07) is 0. The molecule has 0 saturated heterocycles.